The predicted octanol–water partition coefficient (Wildman–Crippen LogP) is 4.79. The molecule has 1 atom stereocenters. The first kappa shape index (κ1) is 22.7. The first-order valence-corrected chi connectivity index (χ1v) is 12.0. The lowest BCUT2D eigenvalue weighted by atomic mass is 10.0. The van der Waals surface area contributed by atoms with Crippen LogP contribution in [0.15, 0.2) is 59.0 Å². The van der Waals surface area contributed by atoms with Gasteiger partial charge in [-0.2, -0.15) is 4.98 Å². The Hall–Kier alpha value is -2.49. The molecule has 3 heterocycles. The number of benzene rings is 1. The fraction of sp³-hybridized carbons (Fsp3) is 0.318. The standard InChI is InChI=1S/C22H24ClN7S2/c1-15-6-4-11-30(14-15)18-12-19(32-22-24-9-5-10-25-22)28-20(27-18)29-21(31)26-13-16-7-2-3-8-17(16)23/h2-3,5,7-10,12,15H,4,6,11,13-14H2,1H3,(H2,26,27,28,29,31). The van der Waals surface area contributed by atoms with E-state index < -0.39 is 0 Å². The molecule has 4 rings (SSSR count). The van der Waals surface area contributed by atoms with E-state index in [1.807, 2.05) is 30.3 Å². The van der Waals surface area contributed by atoms with Crippen LogP contribution in [0.5, 0.6) is 0 Å². The van der Waals surface area contributed by atoms with E-state index in [0.717, 1.165) is 35.9 Å². The van der Waals surface area contributed by atoms with Gasteiger partial charge in [-0.05, 0) is 60.4 Å². The molecule has 2 N–H and O–H groups in total. The smallest absolute Gasteiger partial charge is 0.232 e. The van der Waals surface area contributed by atoms with Gasteiger partial charge < -0.3 is 15.5 Å². The topological polar surface area (TPSA) is 78.9 Å². The van der Waals surface area contributed by atoms with Crippen molar-refractivity contribution in [2.75, 3.05) is 23.3 Å². The van der Waals surface area contributed by atoms with Crippen molar-refractivity contribution in [3.8, 4) is 0 Å². The number of halogens is 1. The summed E-state index contributed by atoms with van der Waals surface area (Å²) in [7, 11) is 0. The van der Waals surface area contributed by atoms with Gasteiger partial charge in [-0.1, -0.05) is 36.7 Å². The van der Waals surface area contributed by atoms with Crippen molar-refractivity contribution in [1.82, 2.24) is 25.3 Å². The van der Waals surface area contributed by atoms with Gasteiger partial charge in [-0.15, -0.1) is 0 Å². The van der Waals surface area contributed by atoms with Gasteiger partial charge in [0.05, 0.1) is 0 Å². The zero-order valence-corrected chi connectivity index (χ0v) is 20.1. The predicted molar refractivity (Wildman–Crippen MR) is 133 cm³/mol. The van der Waals surface area contributed by atoms with Crippen molar-refractivity contribution in [3.05, 3.63) is 59.4 Å². The number of hydrogen-bond donors (Lipinski definition) is 2. The van der Waals surface area contributed by atoms with Gasteiger partial charge in [0, 0.05) is 43.1 Å². The third-order valence-electron chi connectivity index (χ3n) is 5.03. The van der Waals surface area contributed by atoms with Crippen LogP contribution in [0.25, 0.3) is 0 Å². The van der Waals surface area contributed by atoms with Crippen LogP contribution in [-0.2, 0) is 6.54 Å². The summed E-state index contributed by atoms with van der Waals surface area (Å²) in [5.41, 5.74) is 0.966. The van der Waals surface area contributed by atoms with Gasteiger partial charge in [-0.3, -0.25) is 0 Å². The summed E-state index contributed by atoms with van der Waals surface area (Å²) in [5.74, 6) is 1.94. The fourth-order valence-electron chi connectivity index (χ4n) is 3.48. The Kier molecular flexibility index (Phi) is 7.72. The van der Waals surface area contributed by atoms with Crippen LogP contribution >= 0.6 is 35.6 Å². The van der Waals surface area contributed by atoms with Gasteiger partial charge in [0.25, 0.3) is 0 Å². The van der Waals surface area contributed by atoms with E-state index in [-0.39, 0.29) is 0 Å². The molecule has 1 saturated heterocycles. The van der Waals surface area contributed by atoms with Crippen LogP contribution in [0.2, 0.25) is 5.02 Å². The zero-order chi connectivity index (χ0) is 22.3. The summed E-state index contributed by atoms with van der Waals surface area (Å²) in [6.07, 6.45) is 5.82. The maximum Gasteiger partial charge on any atom is 0.232 e. The Balaban J connectivity index is 1.51. The van der Waals surface area contributed by atoms with Crippen LogP contribution in [-0.4, -0.2) is 38.1 Å². The highest BCUT2D eigenvalue weighted by molar-refractivity contribution is 7.99. The summed E-state index contributed by atoms with van der Waals surface area (Å²) >= 11 is 13.1. The first-order valence-electron chi connectivity index (χ1n) is 10.4. The van der Waals surface area contributed by atoms with Gasteiger partial charge in [0.2, 0.25) is 5.95 Å². The second-order valence-corrected chi connectivity index (χ2v) is 9.42. The largest absolute Gasteiger partial charge is 0.358 e. The van der Waals surface area contributed by atoms with E-state index in [0.29, 0.717) is 33.7 Å². The maximum absolute atomic E-state index is 6.24. The van der Waals surface area contributed by atoms with Crippen molar-refractivity contribution in [1.29, 1.82) is 0 Å². The van der Waals surface area contributed by atoms with E-state index in [1.165, 1.54) is 18.2 Å². The average molecular weight is 486 g/mol. The van der Waals surface area contributed by atoms with Crippen LogP contribution in [0.1, 0.15) is 25.3 Å². The molecule has 1 aromatic carbocycles. The van der Waals surface area contributed by atoms with Crippen molar-refractivity contribution >= 4 is 52.5 Å². The average Bonchev–Trinajstić information content (AvgIpc) is 2.79. The highest BCUT2D eigenvalue weighted by atomic mass is 35.5. The minimum absolute atomic E-state index is 0.431. The number of nitrogens with one attached hydrogen (secondary N) is 2. The van der Waals surface area contributed by atoms with Gasteiger partial charge in [0.1, 0.15) is 10.8 Å². The highest BCUT2D eigenvalue weighted by Gasteiger charge is 2.20. The van der Waals surface area contributed by atoms with Crippen molar-refractivity contribution in [2.24, 2.45) is 5.92 Å². The molecule has 1 fully saturated rings. The lowest BCUT2D eigenvalue weighted by Crippen LogP contribution is -2.35. The molecule has 0 aliphatic carbocycles. The molecular weight excluding hydrogens is 462 g/mol. The SMILES string of the molecule is CC1CCCN(c2cc(Sc3ncccn3)nc(NC(=S)NCc3ccccc3Cl)n2)C1. The molecule has 0 amide bonds. The van der Waals surface area contributed by atoms with E-state index in [1.54, 1.807) is 18.5 Å². The Labute approximate surface area is 202 Å². The molecule has 1 aliphatic heterocycles. The monoisotopic (exact) mass is 485 g/mol. The number of thiocarbonyl (C=S) groups is 1. The van der Waals surface area contributed by atoms with Gasteiger partial charge in [0.15, 0.2) is 10.3 Å². The van der Waals surface area contributed by atoms with Crippen molar-refractivity contribution in [3.63, 3.8) is 0 Å². The summed E-state index contributed by atoms with van der Waals surface area (Å²) in [6, 6.07) is 11.4. The second kappa shape index (κ2) is 10.9. The molecule has 7 nitrogen and oxygen atoms in total. The minimum atomic E-state index is 0.431. The van der Waals surface area contributed by atoms with Crippen LogP contribution < -0.4 is 15.5 Å². The summed E-state index contributed by atoms with van der Waals surface area (Å²) in [6.45, 7) is 4.72. The molecule has 0 saturated carbocycles. The van der Waals surface area contributed by atoms with Crippen LogP contribution in [0.3, 0.4) is 0 Å². The molecule has 0 radical (unpaired) electrons. The molecule has 3 aromatic rings. The molecule has 0 spiro atoms. The lowest BCUT2D eigenvalue weighted by Gasteiger charge is -2.32. The van der Waals surface area contributed by atoms with E-state index >= 15 is 0 Å². The molecular formula is C22H24ClN7S2. The van der Waals surface area contributed by atoms with E-state index in [4.69, 9.17) is 28.8 Å². The third kappa shape index (κ3) is 6.27. The quantitative estimate of drug-likeness (QED) is 0.291. The molecule has 1 unspecified atom stereocenters. The number of piperidine rings is 1. The number of aromatic nitrogens is 4. The molecule has 0 bridgehead atoms. The van der Waals surface area contributed by atoms with Crippen LogP contribution in [0, 0.1) is 5.92 Å². The molecule has 32 heavy (non-hydrogen) atoms. The van der Waals surface area contributed by atoms with Gasteiger partial charge >= 0.3 is 0 Å². The summed E-state index contributed by atoms with van der Waals surface area (Å²) in [4.78, 5) is 20.3. The van der Waals surface area contributed by atoms with Crippen molar-refractivity contribution < 1.29 is 0 Å². The Morgan fingerprint density at radius 2 is 2.03 bits per heavy atom. The van der Waals surface area contributed by atoms with E-state index in [9.17, 15) is 0 Å². The Bertz CT molecular complexity index is 1070. The van der Waals surface area contributed by atoms with Crippen molar-refractivity contribution in [2.45, 2.75) is 36.5 Å². The minimum Gasteiger partial charge on any atom is -0.358 e. The molecule has 1 aliphatic rings. The second-order valence-electron chi connectivity index (χ2n) is 7.61. The maximum atomic E-state index is 6.24. The van der Waals surface area contributed by atoms with Crippen LogP contribution in [0.4, 0.5) is 11.8 Å². The normalized spacial score (nSPS) is 15.9. The Morgan fingerprint density at radius 3 is 2.81 bits per heavy atom. The summed E-state index contributed by atoms with van der Waals surface area (Å²) < 4.78 is 0. The van der Waals surface area contributed by atoms with Gasteiger partial charge in [-0.25, -0.2) is 15.0 Å². The third-order valence-corrected chi connectivity index (χ3v) is 6.46. The zero-order valence-electron chi connectivity index (χ0n) is 17.7. The fourth-order valence-corrected chi connectivity index (χ4v) is 4.55. The highest BCUT2D eigenvalue weighted by Crippen LogP contribution is 2.29. The Morgan fingerprint density at radius 1 is 1.22 bits per heavy atom. The molecule has 166 valence electrons. The first-order chi connectivity index (χ1) is 15.6. The number of rotatable bonds is 6. The lowest BCUT2D eigenvalue weighted by molar-refractivity contribution is 0.444. The number of anilines is 2. The molecule has 2 aromatic heterocycles. The number of hydrogen-bond acceptors (Lipinski definition) is 7. The number of nitrogens with zero attached hydrogens (tertiary/aromatic N) is 5. The molecule has 10 heteroatoms. The van der Waals surface area contributed by atoms with E-state index in [2.05, 4.69) is 37.4 Å². The summed E-state index contributed by atoms with van der Waals surface area (Å²) in [5, 5.41) is 8.82.